The monoisotopic (exact) mass is 399 g/mol. The first-order valence-electron chi connectivity index (χ1n) is 10.6. The highest BCUT2D eigenvalue weighted by molar-refractivity contribution is 5.88. The molecule has 7 rings (SSSR count). The van der Waals surface area contributed by atoms with Crippen molar-refractivity contribution in [2.24, 2.45) is 11.8 Å². The largest absolute Gasteiger partial charge is 0.467 e. The molecular weight excluding hydrogens is 374 g/mol. The second kappa shape index (κ2) is 6.08. The van der Waals surface area contributed by atoms with E-state index >= 15 is 0 Å². The molecule has 2 heterocycles. The predicted molar refractivity (Wildman–Crippen MR) is 113 cm³/mol. The Morgan fingerprint density at radius 3 is 2.20 bits per heavy atom. The van der Waals surface area contributed by atoms with Crippen LogP contribution in [-0.2, 0) is 14.9 Å². The van der Waals surface area contributed by atoms with Crippen molar-refractivity contribution >= 4 is 5.91 Å². The van der Waals surface area contributed by atoms with E-state index in [9.17, 15) is 4.79 Å². The lowest BCUT2D eigenvalue weighted by Gasteiger charge is -2.57. The van der Waals surface area contributed by atoms with E-state index in [0.29, 0.717) is 0 Å². The number of furan rings is 1. The zero-order valence-electron chi connectivity index (χ0n) is 17.4. The van der Waals surface area contributed by atoms with Crippen LogP contribution in [0.2, 0.25) is 0 Å². The number of rotatable bonds is 3. The quantitative estimate of drug-likeness (QED) is 0.651. The van der Waals surface area contributed by atoms with Gasteiger partial charge in [-0.3, -0.25) is 4.79 Å². The molecule has 30 heavy (non-hydrogen) atoms. The van der Waals surface area contributed by atoms with Crippen molar-refractivity contribution in [2.45, 2.75) is 30.4 Å². The summed E-state index contributed by atoms with van der Waals surface area (Å²) in [6, 6.07) is 21.1. The Morgan fingerprint density at radius 1 is 1.00 bits per heavy atom. The second-order valence-corrected chi connectivity index (χ2v) is 8.86. The molecule has 1 aliphatic heterocycles. The molecule has 4 heteroatoms. The maximum atomic E-state index is 13.9. The van der Waals surface area contributed by atoms with Crippen LogP contribution in [0.25, 0.3) is 0 Å². The highest BCUT2D eigenvalue weighted by Gasteiger charge is 2.69. The van der Waals surface area contributed by atoms with E-state index in [0.717, 1.165) is 5.76 Å². The molecule has 0 N–H and O–H groups in total. The fraction of sp³-hybridized carbons (Fsp3) is 0.346. The molecule has 1 aromatic heterocycles. The molecule has 2 aromatic carbocycles. The number of ether oxygens (including phenoxy) is 1. The van der Waals surface area contributed by atoms with Gasteiger partial charge in [0.15, 0.2) is 0 Å². The lowest BCUT2D eigenvalue weighted by molar-refractivity contribution is -0.135. The zero-order chi connectivity index (χ0) is 20.6. The van der Waals surface area contributed by atoms with E-state index in [1.807, 2.05) is 24.1 Å². The number of amides is 1. The Balaban J connectivity index is 1.73. The molecule has 3 aromatic rings. The van der Waals surface area contributed by atoms with E-state index in [1.54, 1.807) is 13.4 Å². The van der Waals surface area contributed by atoms with Crippen LogP contribution in [0.5, 0.6) is 0 Å². The lowest BCUT2D eigenvalue weighted by atomic mass is 9.45. The van der Waals surface area contributed by atoms with Crippen molar-refractivity contribution in [1.82, 2.24) is 4.90 Å². The van der Waals surface area contributed by atoms with E-state index in [-0.39, 0.29) is 35.8 Å². The Hall–Kier alpha value is -2.85. The molecule has 1 amide bonds. The van der Waals surface area contributed by atoms with Crippen LogP contribution in [0.3, 0.4) is 0 Å². The van der Waals surface area contributed by atoms with Crippen LogP contribution in [0.15, 0.2) is 71.3 Å². The van der Waals surface area contributed by atoms with Crippen LogP contribution in [0.4, 0.5) is 0 Å². The van der Waals surface area contributed by atoms with Gasteiger partial charge in [-0.15, -0.1) is 0 Å². The third-order valence-electron chi connectivity index (χ3n) is 7.97. The van der Waals surface area contributed by atoms with E-state index in [4.69, 9.17) is 9.15 Å². The topological polar surface area (TPSA) is 42.7 Å². The van der Waals surface area contributed by atoms with Gasteiger partial charge in [0.05, 0.1) is 29.7 Å². The molecular formula is C26H25NO3. The van der Waals surface area contributed by atoms with Crippen LogP contribution >= 0.6 is 0 Å². The summed E-state index contributed by atoms with van der Waals surface area (Å²) in [7, 11) is 3.68. The summed E-state index contributed by atoms with van der Waals surface area (Å²) >= 11 is 0. The van der Waals surface area contributed by atoms with Gasteiger partial charge in [0, 0.05) is 26.0 Å². The minimum absolute atomic E-state index is 0.0901. The minimum atomic E-state index is -0.520. The summed E-state index contributed by atoms with van der Waals surface area (Å²) in [5.41, 5.74) is 4.60. The fourth-order valence-electron chi connectivity index (χ4n) is 6.90. The highest BCUT2D eigenvalue weighted by Crippen LogP contribution is 2.68. The number of nitrogens with zero attached hydrogens (tertiary/aromatic N) is 1. The maximum Gasteiger partial charge on any atom is 0.227 e. The average molecular weight is 399 g/mol. The Bertz CT molecular complexity index is 1090. The van der Waals surface area contributed by atoms with Crippen molar-refractivity contribution in [3.05, 3.63) is 94.9 Å². The molecule has 4 atom stereocenters. The SMILES string of the molecule is CO[C@@H](C)C12c3ccccc3C(c3ccccc31)[C@@H]1[C@@H](c3ccco3)N(C)C(=O)[C@@H]12. The standard InChI is InChI=1S/C26H25NO3/c1-15(29-3)26-18-11-6-4-9-16(18)21(17-10-5-7-12-19(17)26)22-23(26)25(28)27(2)24(22)20-13-8-14-30-20/h4-15,21-24H,1-3H3/t15-,21?,22-,23+,24+,26?/m0/s1. The van der Waals surface area contributed by atoms with Gasteiger partial charge in [-0.1, -0.05) is 48.5 Å². The first-order chi connectivity index (χ1) is 14.6. The lowest BCUT2D eigenvalue weighted by Crippen LogP contribution is -2.58. The fourth-order valence-corrected chi connectivity index (χ4v) is 6.90. The molecule has 4 nitrogen and oxygen atoms in total. The smallest absolute Gasteiger partial charge is 0.227 e. The van der Waals surface area contributed by atoms with Crippen LogP contribution in [0.1, 0.15) is 46.9 Å². The summed E-state index contributed by atoms with van der Waals surface area (Å²) in [6.45, 7) is 2.11. The van der Waals surface area contributed by atoms with Gasteiger partial charge in [-0.2, -0.15) is 0 Å². The first kappa shape index (κ1) is 18.0. The van der Waals surface area contributed by atoms with Crippen LogP contribution < -0.4 is 0 Å². The summed E-state index contributed by atoms with van der Waals surface area (Å²) in [5.74, 6) is 1.09. The van der Waals surface area contributed by atoms with E-state index in [2.05, 4.69) is 55.5 Å². The molecule has 0 unspecified atom stereocenters. The van der Waals surface area contributed by atoms with Gasteiger partial charge in [0.1, 0.15) is 5.76 Å². The van der Waals surface area contributed by atoms with Gasteiger partial charge in [0.25, 0.3) is 0 Å². The van der Waals surface area contributed by atoms with Crippen molar-refractivity contribution in [2.75, 3.05) is 14.2 Å². The number of carbonyl (C=O) groups is 1. The normalized spacial score (nSPS) is 32.0. The summed E-state index contributed by atoms with van der Waals surface area (Å²) in [4.78, 5) is 15.8. The number of methoxy groups -OCH3 is 1. The van der Waals surface area contributed by atoms with Gasteiger partial charge in [-0.25, -0.2) is 0 Å². The second-order valence-electron chi connectivity index (χ2n) is 8.86. The Kier molecular flexibility index (Phi) is 3.64. The summed E-state index contributed by atoms with van der Waals surface area (Å²) in [5, 5.41) is 0. The molecule has 0 spiro atoms. The Labute approximate surface area is 176 Å². The van der Waals surface area contributed by atoms with E-state index < -0.39 is 5.41 Å². The van der Waals surface area contributed by atoms with Crippen LogP contribution in [-0.4, -0.2) is 31.1 Å². The van der Waals surface area contributed by atoms with Crippen molar-refractivity contribution < 1.29 is 13.9 Å². The van der Waals surface area contributed by atoms with Gasteiger partial charge in [0.2, 0.25) is 5.91 Å². The van der Waals surface area contributed by atoms with E-state index in [1.165, 1.54) is 22.3 Å². The molecule has 152 valence electrons. The maximum absolute atomic E-state index is 13.9. The number of hydrogen-bond donors (Lipinski definition) is 0. The summed E-state index contributed by atoms with van der Waals surface area (Å²) < 4.78 is 11.9. The van der Waals surface area contributed by atoms with Crippen molar-refractivity contribution in [3.63, 3.8) is 0 Å². The van der Waals surface area contributed by atoms with Gasteiger partial charge in [-0.05, 0) is 41.3 Å². The average Bonchev–Trinajstić information content (AvgIpc) is 3.40. The number of benzene rings is 2. The van der Waals surface area contributed by atoms with Crippen LogP contribution in [0, 0.1) is 11.8 Å². The number of likely N-dealkylation sites (tertiary alicyclic amines) is 1. The third-order valence-corrected chi connectivity index (χ3v) is 7.97. The minimum Gasteiger partial charge on any atom is -0.467 e. The zero-order valence-corrected chi connectivity index (χ0v) is 17.4. The molecule has 4 aliphatic rings. The molecule has 1 saturated heterocycles. The molecule has 2 bridgehead atoms. The predicted octanol–water partition coefficient (Wildman–Crippen LogP) is 4.51. The molecule has 0 radical (unpaired) electrons. The van der Waals surface area contributed by atoms with Gasteiger partial charge < -0.3 is 14.1 Å². The third kappa shape index (κ3) is 1.89. The van der Waals surface area contributed by atoms with Crippen molar-refractivity contribution in [3.8, 4) is 0 Å². The first-order valence-corrected chi connectivity index (χ1v) is 10.6. The number of carbonyl (C=O) groups excluding carboxylic acids is 1. The number of hydrogen-bond acceptors (Lipinski definition) is 3. The Morgan fingerprint density at radius 2 is 1.63 bits per heavy atom. The molecule has 3 aliphatic carbocycles. The van der Waals surface area contributed by atoms with Gasteiger partial charge >= 0.3 is 0 Å². The van der Waals surface area contributed by atoms with Crippen molar-refractivity contribution in [1.29, 1.82) is 0 Å². The highest BCUT2D eigenvalue weighted by atomic mass is 16.5. The molecule has 0 saturated carbocycles. The molecule has 1 fully saturated rings. The summed E-state index contributed by atoms with van der Waals surface area (Å²) in [6.07, 6.45) is 1.55.